The van der Waals surface area contributed by atoms with Gasteiger partial charge < -0.3 is 25.0 Å². The Morgan fingerprint density at radius 2 is 1.74 bits per heavy atom. The zero-order valence-electron chi connectivity index (χ0n) is 31.4. The molecule has 1 aromatic carbocycles. The molecule has 2 aromatic heterocycles. The molecule has 3 aromatic rings. The largest absolute Gasteiger partial charge is 0.516 e. The van der Waals surface area contributed by atoms with Crippen LogP contribution in [0.25, 0.3) is 22.0 Å². The lowest BCUT2D eigenvalue weighted by Gasteiger charge is -2.30. The van der Waals surface area contributed by atoms with E-state index in [1.54, 1.807) is 55.1 Å². The number of carbonyl (C=O) groups is 4. The van der Waals surface area contributed by atoms with Crippen molar-refractivity contribution in [2.24, 2.45) is 5.92 Å². The zero-order valence-corrected chi connectivity index (χ0v) is 33.1. The first-order valence-electron chi connectivity index (χ1n) is 19.1. The van der Waals surface area contributed by atoms with E-state index in [0.29, 0.717) is 66.2 Å². The average molecular weight is 849 g/mol. The highest BCUT2D eigenvalue weighted by Crippen LogP contribution is 2.46. The van der Waals surface area contributed by atoms with E-state index in [2.05, 4.69) is 15.6 Å². The number of allylic oxidation sites excluding steroid dienone is 1. The van der Waals surface area contributed by atoms with Crippen molar-refractivity contribution in [3.63, 3.8) is 0 Å². The first-order valence-corrected chi connectivity index (χ1v) is 21.5. The van der Waals surface area contributed by atoms with E-state index < -0.39 is 68.9 Å². The first kappa shape index (κ1) is 41.1. The number of methoxy groups -OCH3 is 1. The Labute approximate surface area is 336 Å². The van der Waals surface area contributed by atoms with E-state index in [1.807, 2.05) is 0 Å². The molecule has 0 bridgehead atoms. The van der Waals surface area contributed by atoms with Crippen LogP contribution in [0.2, 0.25) is 0 Å². The van der Waals surface area contributed by atoms with E-state index in [1.165, 1.54) is 21.0 Å². The number of sulfonamides is 1. The number of halogens is 3. The van der Waals surface area contributed by atoms with Crippen LogP contribution in [-0.4, -0.2) is 100.0 Å². The number of fused-ring (bicyclic) bond motifs is 2. The van der Waals surface area contributed by atoms with Crippen LogP contribution in [0.3, 0.4) is 0 Å². The molecule has 7 rings (SSSR count). The van der Waals surface area contributed by atoms with Gasteiger partial charge in [-0.1, -0.05) is 25.0 Å². The van der Waals surface area contributed by atoms with Crippen molar-refractivity contribution in [1.29, 1.82) is 0 Å². The molecule has 2 aliphatic heterocycles. The quantitative estimate of drug-likeness (QED) is 0.267. The number of alkyl carbamates (subject to hydrolysis) is 1. The molecule has 2 saturated carbocycles. The van der Waals surface area contributed by atoms with Crippen molar-refractivity contribution in [2.45, 2.75) is 106 Å². The molecule has 0 spiro atoms. The number of nitrogens with one attached hydrogen (secondary N) is 3. The second-order valence-electron chi connectivity index (χ2n) is 14.9. The number of thiazole rings is 1. The number of amides is 4. The third-order valence-electron chi connectivity index (χ3n) is 11.0. The summed E-state index contributed by atoms with van der Waals surface area (Å²) in [7, 11) is -4.57. The summed E-state index contributed by atoms with van der Waals surface area (Å²) in [4.78, 5) is 62.7. The van der Waals surface area contributed by atoms with E-state index in [0.717, 1.165) is 17.6 Å². The highest BCUT2D eigenvalue weighted by Gasteiger charge is 2.63. The average Bonchev–Trinajstić information content (AvgIpc) is 3.83. The smallest absolute Gasteiger partial charge is 0.497 e. The van der Waals surface area contributed by atoms with Crippen LogP contribution < -0.4 is 20.1 Å². The fourth-order valence-corrected chi connectivity index (χ4v) is 8.94. The van der Waals surface area contributed by atoms with Crippen molar-refractivity contribution in [2.75, 3.05) is 13.7 Å². The van der Waals surface area contributed by atoms with Crippen molar-refractivity contribution in [3.8, 4) is 27.7 Å². The lowest BCUT2D eigenvalue weighted by Crippen LogP contribution is -2.58. The number of ether oxygens (including phenoxy) is 2. The predicted octanol–water partition coefficient (Wildman–Crippen LogP) is 4.62. The van der Waals surface area contributed by atoms with Crippen LogP contribution in [0, 0.1) is 5.92 Å². The zero-order chi connectivity index (χ0) is 41.2. The monoisotopic (exact) mass is 848 g/mol. The Morgan fingerprint density at radius 1 is 1.02 bits per heavy atom. The van der Waals surface area contributed by atoms with Gasteiger partial charge in [-0.05, 0) is 75.6 Å². The third-order valence-corrected chi connectivity index (χ3v) is 12.9. The molecule has 0 unspecified atom stereocenters. The highest BCUT2D eigenvalue weighted by atomic mass is 32.2. The van der Waals surface area contributed by atoms with Crippen molar-refractivity contribution in [3.05, 3.63) is 48.0 Å². The standard InChI is InChI=1S/C37H43F3N8O8S2/c1-55-25-15-13-22(14-16-25)29-30(32-41-17-18-57-32)45-48(44-29)24-19-28-31(49)43-36(34(51)46-58(53,54)37(38,39)40)20-23(36)9-5-3-2-4-6-12-27(33(50)47(28)21-24)42-35(52)56-26-10-7-8-11-26/h5,9,13-18,23-24,26-28H,2-4,6-8,10-12,19-21H2,1H3,(H,42,52)(H,43,49)(H,46,51)/b9-5+/t23-,24-,27-,28+,36-/m1/s1. The maximum Gasteiger partial charge on any atom is 0.516 e. The molecule has 3 fully saturated rings. The van der Waals surface area contributed by atoms with Gasteiger partial charge in [0.1, 0.15) is 45.9 Å². The van der Waals surface area contributed by atoms with Gasteiger partial charge in [0.05, 0.1) is 13.2 Å². The summed E-state index contributed by atoms with van der Waals surface area (Å²) < 4.78 is 76.2. The summed E-state index contributed by atoms with van der Waals surface area (Å²) in [6.07, 6.45) is 9.34. The Hall–Kier alpha value is -5.05. The lowest BCUT2D eigenvalue weighted by molar-refractivity contribution is -0.141. The summed E-state index contributed by atoms with van der Waals surface area (Å²) in [6, 6.07) is 3.90. The summed E-state index contributed by atoms with van der Waals surface area (Å²) in [5.74, 6) is -3.29. The molecule has 1 saturated heterocycles. The number of hydrogen-bond acceptors (Lipinski definition) is 12. The number of hydrogen-bond donors (Lipinski definition) is 3. The third kappa shape index (κ3) is 8.69. The van der Waals surface area contributed by atoms with Crippen molar-refractivity contribution in [1.82, 2.24) is 40.2 Å². The Kier molecular flexibility index (Phi) is 11.8. The van der Waals surface area contributed by atoms with E-state index in [9.17, 15) is 40.8 Å². The van der Waals surface area contributed by atoms with Crippen LogP contribution in [0.15, 0.2) is 48.0 Å². The molecule has 0 radical (unpaired) electrons. The molecule has 3 N–H and O–H groups in total. The number of carbonyl (C=O) groups excluding carboxylic acids is 4. The normalized spacial score (nSPS) is 26.4. The minimum atomic E-state index is -6.11. The topological polar surface area (TPSA) is 204 Å². The second kappa shape index (κ2) is 16.7. The molecular formula is C37H43F3N8O8S2. The van der Waals surface area contributed by atoms with Gasteiger partial charge in [-0.3, -0.25) is 14.4 Å². The van der Waals surface area contributed by atoms with Crippen molar-refractivity contribution >= 4 is 45.2 Å². The fourth-order valence-electron chi connectivity index (χ4n) is 7.78. The Balaban J connectivity index is 1.23. The Morgan fingerprint density at radius 3 is 2.43 bits per heavy atom. The summed E-state index contributed by atoms with van der Waals surface area (Å²) in [5.41, 5.74) is -6.26. The summed E-state index contributed by atoms with van der Waals surface area (Å²) in [6.45, 7) is -0.133. The van der Waals surface area contributed by atoms with Gasteiger partial charge in [0.2, 0.25) is 11.8 Å². The second-order valence-corrected chi connectivity index (χ2v) is 17.5. The van der Waals surface area contributed by atoms with E-state index in [-0.39, 0.29) is 31.9 Å². The number of nitrogens with zero attached hydrogens (tertiary/aromatic N) is 5. The first-order chi connectivity index (χ1) is 27.7. The molecule has 2 aliphatic carbocycles. The van der Waals surface area contributed by atoms with Gasteiger partial charge >= 0.3 is 21.6 Å². The number of alkyl halides is 3. The van der Waals surface area contributed by atoms with Gasteiger partial charge in [-0.2, -0.15) is 31.5 Å². The van der Waals surface area contributed by atoms with Gasteiger partial charge in [-0.15, -0.1) is 16.4 Å². The van der Waals surface area contributed by atoms with Gasteiger partial charge in [0.15, 0.2) is 0 Å². The number of aromatic nitrogens is 4. The summed E-state index contributed by atoms with van der Waals surface area (Å²) in [5, 5.41) is 17.2. The van der Waals surface area contributed by atoms with Gasteiger partial charge in [-0.25, -0.2) is 14.5 Å². The molecule has 58 heavy (non-hydrogen) atoms. The predicted molar refractivity (Wildman–Crippen MR) is 202 cm³/mol. The number of benzene rings is 1. The van der Waals surface area contributed by atoms with Crippen molar-refractivity contribution < 1.29 is 50.2 Å². The molecule has 4 aliphatic rings. The SMILES string of the molecule is COc1ccc(-c2nn([C@@H]3C[C@H]4C(=O)N[C@]5(C(=O)NS(=O)(=O)C(F)(F)F)C[C@H]5/C=C/CCCCC[C@@H](NC(=O)OC5CCCC5)C(=O)N4C3)nc2-c2nccs2)cc1. The number of rotatable bonds is 8. The summed E-state index contributed by atoms with van der Waals surface area (Å²) >= 11 is 1.33. The van der Waals surface area contributed by atoms with Crippen LogP contribution >= 0.6 is 11.3 Å². The molecule has 4 heterocycles. The minimum Gasteiger partial charge on any atom is -0.497 e. The molecule has 312 valence electrons. The van der Waals surface area contributed by atoms with Crippen LogP contribution in [0.1, 0.15) is 76.7 Å². The fraction of sp³-hybridized carbons (Fsp3) is 0.541. The minimum absolute atomic E-state index is 0.107. The van der Waals surface area contributed by atoms with Crippen LogP contribution in [0.4, 0.5) is 18.0 Å². The molecule has 5 atom stereocenters. The molecular weight excluding hydrogens is 806 g/mol. The maximum absolute atomic E-state index is 14.6. The van der Waals surface area contributed by atoms with E-state index in [4.69, 9.17) is 19.7 Å². The molecule has 21 heteroatoms. The maximum atomic E-state index is 14.6. The van der Waals surface area contributed by atoms with Gasteiger partial charge in [0.25, 0.3) is 5.91 Å². The lowest BCUT2D eigenvalue weighted by atomic mass is 10.0. The van der Waals surface area contributed by atoms with Crippen LogP contribution in [0.5, 0.6) is 5.75 Å². The van der Waals surface area contributed by atoms with E-state index >= 15 is 0 Å². The highest BCUT2D eigenvalue weighted by molar-refractivity contribution is 7.90. The Bertz CT molecular complexity index is 2140. The van der Waals surface area contributed by atoms with Crippen LogP contribution in [-0.2, 0) is 29.1 Å². The molecule has 4 amide bonds. The van der Waals surface area contributed by atoms with Gasteiger partial charge in [0, 0.05) is 36.0 Å². The molecule has 16 nitrogen and oxygen atoms in total.